The van der Waals surface area contributed by atoms with Crippen molar-refractivity contribution in [2.75, 3.05) is 23.9 Å². The van der Waals surface area contributed by atoms with E-state index in [0.29, 0.717) is 16.9 Å². The van der Waals surface area contributed by atoms with Crippen LogP contribution in [0.25, 0.3) is 0 Å². The maximum absolute atomic E-state index is 12.7. The van der Waals surface area contributed by atoms with Gasteiger partial charge < -0.3 is 15.4 Å². The summed E-state index contributed by atoms with van der Waals surface area (Å²) in [5, 5.41) is 5.07. The summed E-state index contributed by atoms with van der Waals surface area (Å²) in [6.07, 6.45) is -4.93. The third-order valence-electron chi connectivity index (χ3n) is 3.76. The molecule has 0 saturated heterocycles. The first-order valence-electron chi connectivity index (χ1n) is 8.42. The standard InChI is InChI=1S/C19H20F3N3O3/c1-3-28-18(27)25(2)16-9-7-15(8-10-16)24-17(26)23-12-13-5-4-6-14(11-13)19(20,21)22/h4-11H,3,12H2,1-2H3,(H2,23,24,26). The maximum Gasteiger partial charge on any atom is 0.416 e. The van der Waals surface area contributed by atoms with Crippen LogP contribution in [-0.4, -0.2) is 25.8 Å². The van der Waals surface area contributed by atoms with Gasteiger partial charge in [-0.15, -0.1) is 0 Å². The highest BCUT2D eigenvalue weighted by Gasteiger charge is 2.30. The largest absolute Gasteiger partial charge is 0.449 e. The van der Waals surface area contributed by atoms with Crippen molar-refractivity contribution in [3.63, 3.8) is 0 Å². The van der Waals surface area contributed by atoms with E-state index in [9.17, 15) is 22.8 Å². The summed E-state index contributed by atoms with van der Waals surface area (Å²) >= 11 is 0. The fourth-order valence-corrected chi connectivity index (χ4v) is 2.31. The summed E-state index contributed by atoms with van der Waals surface area (Å²) in [7, 11) is 1.56. The van der Waals surface area contributed by atoms with Crippen LogP contribution < -0.4 is 15.5 Å². The van der Waals surface area contributed by atoms with E-state index in [2.05, 4.69) is 10.6 Å². The van der Waals surface area contributed by atoms with Crippen LogP contribution in [0, 0.1) is 0 Å². The summed E-state index contributed by atoms with van der Waals surface area (Å²) in [5.74, 6) is 0. The van der Waals surface area contributed by atoms with Crippen molar-refractivity contribution in [3.05, 3.63) is 59.7 Å². The second-order valence-electron chi connectivity index (χ2n) is 5.81. The summed E-state index contributed by atoms with van der Waals surface area (Å²) < 4.78 is 43.0. The lowest BCUT2D eigenvalue weighted by Crippen LogP contribution is -2.28. The molecule has 0 unspecified atom stereocenters. The first-order chi connectivity index (χ1) is 13.2. The zero-order valence-electron chi connectivity index (χ0n) is 15.3. The molecule has 3 amide bonds. The minimum atomic E-state index is -4.43. The molecule has 2 aromatic carbocycles. The number of nitrogens with one attached hydrogen (secondary N) is 2. The van der Waals surface area contributed by atoms with Gasteiger partial charge >= 0.3 is 18.3 Å². The Balaban J connectivity index is 1.90. The van der Waals surface area contributed by atoms with Gasteiger partial charge in [0.05, 0.1) is 12.2 Å². The molecule has 0 heterocycles. The number of alkyl halides is 3. The molecule has 0 aliphatic heterocycles. The first-order valence-corrected chi connectivity index (χ1v) is 8.42. The molecule has 0 radical (unpaired) electrons. The minimum Gasteiger partial charge on any atom is -0.449 e. The number of amides is 3. The number of carbonyl (C=O) groups excluding carboxylic acids is 2. The van der Waals surface area contributed by atoms with Gasteiger partial charge in [-0.3, -0.25) is 4.90 Å². The Bertz CT molecular complexity index is 823. The normalized spacial score (nSPS) is 10.9. The van der Waals surface area contributed by atoms with E-state index >= 15 is 0 Å². The Morgan fingerprint density at radius 1 is 1.11 bits per heavy atom. The number of halogens is 3. The molecule has 0 bridgehead atoms. The third kappa shape index (κ3) is 5.90. The zero-order valence-corrected chi connectivity index (χ0v) is 15.3. The molecule has 0 atom stereocenters. The van der Waals surface area contributed by atoms with Crippen molar-refractivity contribution in [3.8, 4) is 0 Å². The van der Waals surface area contributed by atoms with Crippen LogP contribution in [0.4, 0.5) is 34.1 Å². The average Bonchev–Trinajstić information content (AvgIpc) is 2.66. The summed E-state index contributed by atoms with van der Waals surface area (Å²) in [6.45, 7) is 1.91. The number of hydrogen-bond acceptors (Lipinski definition) is 3. The molecule has 0 spiro atoms. The number of anilines is 2. The van der Waals surface area contributed by atoms with Gasteiger partial charge in [-0.25, -0.2) is 9.59 Å². The molecular formula is C19H20F3N3O3. The van der Waals surface area contributed by atoms with Gasteiger partial charge in [0.25, 0.3) is 0 Å². The molecule has 0 saturated carbocycles. The average molecular weight is 395 g/mol. The van der Waals surface area contributed by atoms with Crippen molar-refractivity contribution in [1.82, 2.24) is 5.32 Å². The molecule has 2 aromatic rings. The Hall–Kier alpha value is -3.23. The highest BCUT2D eigenvalue weighted by atomic mass is 19.4. The molecule has 0 aliphatic carbocycles. The number of rotatable bonds is 5. The topological polar surface area (TPSA) is 70.7 Å². The lowest BCUT2D eigenvalue weighted by molar-refractivity contribution is -0.137. The SMILES string of the molecule is CCOC(=O)N(C)c1ccc(NC(=O)NCc2cccc(C(F)(F)F)c2)cc1. The van der Waals surface area contributed by atoms with Gasteiger partial charge in [0.2, 0.25) is 0 Å². The Labute approximate surface area is 160 Å². The van der Waals surface area contributed by atoms with E-state index in [1.807, 2.05) is 0 Å². The summed E-state index contributed by atoms with van der Waals surface area (Å²) in [6, 6.07) is 10.6. The number of urea groups is 1. The van der Waals surface area contributed by atoms with Gasteiger partial charge in [-0.1, -0.05) is 12.1 Å². The first kappa shape index (κ1) is 21.1. The third-order valence-corrected chi connectivity index (χ3v) is 3.76. The summed E-state index contributed by atoms with van der Waals surface area (Å²) in [4.78, 5) is 24.9. The highest BCUT2D eigenvalue weighted by Crippen LogP contribution is 2.29. The van der Waals surface area contributed by atoms with Crippen molar-refractivity contribution < 1.29 is 27.5 Å². The predicted molar refractivity (Wildman–Crippen MR) is 99.2 cm³/mol. The van der Waals surface area contributed by atoms with E-state index in [1.54, 1.807) is 38.2 Å². The quantitative estimate of drug-likeness (QED) is 0.776. The maximum atomic E-state index is 12.7. The van der Waals surface area contributed by atoms with Gasteiger partial charge in [-0.2, -0.15) is 13.2 Å². The molecule has 6 nitrogen and oxygen atoms in total. The van der Waals surface area contributed by atoms with Crippen molar-refractivity contribution in [2.45, 2.75) is 19.6 Å². The van der Waals surface area contributed by atoms with E-state index in [1.165, 1.54) is 17.0 Å². The number of carbonyl (C=O) groups is 2. The van der Waals surface area contributed by atoms with E-state index in [0.717, 1.165) is 12.1 Å². The molecule has 2 rings (SSSR count). The number of ether oxygens (including phenoxy) is 1. The Kier molecular flexibility index (Phi) is 6.86. The van der Waals surface area contributed by atoms with Gasteiger partial charge in [-0.05, 0) is 48.9 Å². The van der Waals surface area contributed by atoms with Gasteiger partial charge in [0.1, 0.15) is 0 Å². The fourth-order valence-electron chi connectivity index (χ4n) is 2.31. The molecular weight excluding hydrogens is 375 g/mol. The molecule has 0 aromatic heterocycles. The number of benzene rings is 2. The molecule has 2 N–H and O–H groups in total. The summed E-state index contributed by atoms with van der Waals surface area (Å²) in [5.41, 5.74) is 0.598. The molecule has 150 valence electrons. The van der Waals surface area contributed by atoms with Gasteiger partial charge in [0.15, 0.2) is 0 Å². The van der Waals surface area contributed by atoms with Crippen LogP contribution in [-0.2, 0) is 17.5 Å². The molecule has 0 aliphatic rings. The van der Waals surface area contributed by atoms with Crippen LogP contribution in [0.2, 0.25) is 0 Å². The van der Waals surface area contributed by atoms with E-state index < -0.39 is 23.9 Å². The Morgan fingerprint density at radius 3 is 2.39 bits per heavy atom. The van der Waals surface area contributed by atoms with E-state index in [4.69, 9.17) is 4.74 Å². The second-order valence-corrected chi connectivity index (χ2v) is 5.81. The zero-order chi connectivity index (χ0) is 20.7. The van der Waals surface area contributed by atoms with Gasteiger partial charge in [0, 0.05) is 25.0 Å². The van der Waals surface area contributed by atoms with E-state index in [-0.39, 0.29) is 13.2 Å². The lowest BCUT2D eigenvalue weighted by atomic mass is 10.1. The minimum absolute atomic E-state index is 0.0561. The molecule has 28 heavy (non-hydrogen) atoms. The van der Waals surface area contributed by atoms with Crippen LogP contribution in [0.15, 0.2) is 48.5 Å². The lowest BCUT2D eigenvalue weighted by Gasteiger charge is -2.17. The van der Waals surface area contributed by atoms with Crippen molar-refractivity contribution in [1.29, 1.82) is 0 Å². The van der Waals surface area contributed by atoms with Crippen LogP contribution >= 0.6 is 0 Å². The van der Waals surface area contributed by atoms with Crippen LogP contribution in [0.5, 0.6) is 0 Å². The highest BCUT2D eigenvalue weighted by molar-refractivity contribution is 5.90. The number of hydrogen-bond donors (Lipinski definition) is 2. The molecule has 0 fully saturated rings. The van der Waals surface area contributed by atoms with Crippen LogP contribution in [0.1, 0.15) is 18.1 Å². The number of nitrogens with zero attached hydrogens (tertiary/aromatic N) is 1. The van der Waals surface area contributed by atoms with Crippen molar-refractivity contribution >= 4 is 23.5 Å². The van der Waals surface area contributed by atoms with Crippen molar-refractivity contribution in [2.24, 2.45) is 0 Å². The van der Waals surface area contributed by atoms with Crippen LogP contribution in [0.3, 0.4) is 0 Å². The second kappa shape index (κ2) is 9.12. The smallest absolute Gasteiger partial charge is 0.416 e. The Morgan fingerprint density at radius 2 is 1.79 bits per heavy atom. The molecule has 9 heteroatoms. The monoisotopic (exact) mass is 395 g/mol. The fraction of sp³-hybridized carbons (Fsp3) is 0.263. The predicted octanol–water partition coefficient (Wildman–Crippen LogP) is 4.62.